The van der Waals surface area contributed by atoms with E-state index < -0.39 is 0 Å². The summed E-state index contributed by atoms with van der Waals surface area (Å²) in [6, 6.07) is 0. The molecule has 8 heteroatoms. The number of tetrazole rings is 1. The van der Waals surface area contributed by atoms with Crippen LogP contribution in [0, 0.1) is 0 Å². The summed E-state index contributed by atoms with van der Waals surface area (Å²) in [7, 11) is 1.68. The van der Waals surface area contributed by atoms with Crippen molar-refractivity contribution in [2.24, 2.45) is 0 Å². The van der Waals surface area contributed by atoms with Crippen molar-refractivity contribution in [2.75, 3.05) is 38.7 Å². The average molecular weight is 237 g/mol. The Balaban J connectivity index is 1.80. The quantitative estimate of drug-likeness (QED) is 0.607. The van der Waals surface area contributed by atoms with Crippen molar-refractivity contribution in [2.45, 2.75) is 0 Å². The van der Waals surface area contributed by atoms with E-state index in [0.29, 0.717) is 12.3 Å². The third-order valence-electron chi connectivity index (χ3n) is 2.20. The van der Waals surface area contributed by atoms with E-state index >= 15 is 0 Å². The van der Waals surface area contributed by atoms with Gasteiger partial charge in [0.1, 0.15) is 5.82 Å². The minimum atomic E-state index is 0.627. The van der Waals surface area contributed by atoms with Gasteiger partial charge in [-0.3, -0.25) is 4.98 Å². The highest BCUT2D eigenvalue weighted by molar-refractivity contribution is 5.43. The lowest BCUT2D eigenvalue weighted by atomic mass is 10.5. The zero-order chi connectivity index (χ0) is 11.9. The molecule has 17 heavy (non-hydrogen) atoms. The predicted octanol–water partition coefficient (Wildman–Crippen LogP) is -0.833. The molecule has 0 aliphatic rings. The summed E-state index contributed by atoms with van der Waals surface area (Å²) < 4.78 is 6.54. The Morgan fingerprint density at radius 2 is 2.24 bits per heavy atom. The van der Waals surface area contributed by atoms with Crippen molar-refractivity contribution in [3.8, 4) is 0 Å². The first-order valence-electron chi connectivity index (χ1n) is 5.37. The molecule has 0 aromatic carbocycles. The van der Waals surface area contributed by atoms with Crippen LogP contribution in [0.1, 0.15) is 0 Å². The van der Waals surface area contributed by atoms with Crippen molar-refractivity contribution in [3.05, 3.63) is 12.4 Å². The number of ether oxygens (including phenoxy) is 1. The molecular formula is C9H15N7O. The molecule has 2 rings (SSSR count). The van der Waals surface area contributed by atoms with Crippen LogP contribution in [0.2, 0.25) is 0 Å². The zero-order valence-electron chi connectivity index (χ0n) is 9.63. The molecule has 0 saturated carbocycles. The molecule has 0 aliphatic carbocycles. The number of fused-ring (bicyclic) bond motifs is 1. The van der Waals surface area contributed by atoms with Crippen LogP contribution in [-0.2, 0) is 4.74 Å². The highest BCUT2D eigenvalue weighted by Crippen LogP contribution is 2.04. The fourth-order valence-corrected chi connectivity index (χ4v) is 1.37. The van der Waals surface area contributed by atoms with Gasteiger partial charge in [0.2, 0.25) is 0 Å². The summed E-state index contributed by atoms with van der Waals surface area (Å²) in [6.45, 7) is 3.15. The Bertz CT molecular complexity index is 457. The van der Waals surface area contributed by atoms with Gasteiger partial charge in [-0.05, 0) is 10.4 Å². The van der Waals surface area contributed by atoms with E-state index in [0.717, 1.165) is 25.5 Å². The Labute approximate surface area is 98.4 Å². The molecule has 0 saturated heterocycles. The first-order chi connectivity index (χ1) is 8.42. The second kappa shape index (κ2) is 6.06. The van der Waals surface area contributed by atoms with E-state index in [2.05, 4.69) is 31.1 Å². The first-order valence-corrected chi connectivity index (χ1v) is 5.37. The summed E-state index contributed by atoms with van der Waals surface area (Å²) in [5.41, 5.74) is 0.627. The molecule has 0 radical (unpaired) electrons. The van der Waals surface area contributed by atoms with Gasteiger partial charge in [-0.2, -0.15) is 4.52 Å². The van der Waals surface area contributed by atoms with Gasteiger partial charge in [-0.25, -0.2) is 0 Å². The second-order valence-electron chi connectivity index (χ2n) is 3.41. The number of anilines is 1. The van der Waals surface area contributed by atoms with E-state index in [1.54, 1.807) is 24.0 Å². The van der Waals surface area contributed by atoms with Crippen molar-refractivity contribution in [1.82, 2.24) is 30.3 Å². The van der Waals surface area contributed by atoms with Crippen molar-refractivity contribution < 1.29 is 4.74 Å². The molecule has 2 aromatic heterocycles. The summed E-state index contributed by atoms with van der Waals surface area (Å²) >= 11 is 0. The summed E-state index contributed by atoms with van der Waals surface area (Å²) in [5, 5.41) is 17.7. The third kappa shape index (κ3) is 3.08. The SMILES string of the molecule is COCCNCCNc1cncc2nnnn12. The minimum absolute atomic E-state index is 0.627. The molecule has 0 spiro atoms. The molecule has 92 valence electrons. The molecule has 2 N–H and O–H groups in total. The number of methoxy groups -OCH3 is 1. The van der Waals surface area contributed by atoms with Gasteiger partial charge in [-0.1, -0.05) is 0 Å². The number of hydrogen-bond donors (Lipinski definition) is 2. The van der Waals surface area contributed by atoms with Gasteiger partial charge < -0.3 is 15.4 Å². The monoisotopic (exact) mass is 237 g/mol. The fraction of sp³-hybridized carbons (Fsp3) is 0.556. The first kappa shape index (κ1) is 11.7. The molecular weight excluding hydrogens is 222 g/mol. The van der Waals surface area contributed by atoms with Gasteiger partial charge in [0.15, 0.2) is 5.65 Å². The molecule has 2 heterocycles. The zero-order valence-corrected chi connectivity index (χ0v) is 9.63. The van der Waals surface area contributed by atoms with Crippen molar-refractivity contribution >= 4 is 11.5 Å². The molecule has 0 amide bonds. The second-order valence-corrected chi connectivity index (χ2v) is 3.41. The molecule has 8 nitrogen and oxygen atoms in total. The van der Waals surface area contributed by atoms with Gasteiger partial charge in [0.25, 0.3) is 0 Å². The number of rotatable bonds is 7. The summed E-state index contributed by atoms with van der Waals surface area (Å²) in [6.07, 6.45) is 3.31. The van der Waals surface area contributed by atoms with Gasteiger partial charge in [-0.15, -0.1) is 5.10 Å². The van der Waals surface area contributed by atoms with Crippen LogP contribution < -0.4 is 10.6 Å². The van der Waals surface area contributed by atoms with E-state index in [-0.39, 0.29) is 0 Å². The molecule has 0 aliphatic heterocycles. The summed E-state index contributed by atoms with van der Waals surface area (Å²) in [4.78, 5) is 4.05. The lowest BCUT2D eigenvalue weighted by Gasteiger charge is -2.07. The molecule has 0 atom stereocenters. The normalized spacial score (nSPS) is 10.9. The van der Waals surface area contributed by atoms with E-state index in [1.165, 1.54) is 0 Å². The van der Waals surface area contributed by atoms with E-state index in [1.807, 2.05) is 0 Å². The minimum Gasteiger partial charge on any atom is -0.383 e. The van der Waals surface area contributed by atoms with E-state index in [9.17, 15) is 0 Å². The standard InChI is InChI=1S/C9H15N7O/c1-17-5-4-10-2-3-12-8-6-11-7-9-13-14-15-16(8)9/h6-7,10,12H,2-5H2,1H3. The number of aromatic nitrogens is 5. The van der Waals surface area contributed by atoms with Crippen LogP contribution in [0.4, 0.5) is 5.82 Å². The Hall–Kier alpha value is -1.80. The van der Waals surface area contributed by atoms with Crippen LogP contribution in [0.3, 0.4) is 0 Å². The number of nitrogens with zero attached hydrogens (tertiary/aromatic N) is 5. The van der Waals surface area contributed by atoms with Gasteiger partial charge in [0.05, 0.1) is 19.0 Å². The maximum absolute atomic E-state index is 4.93. The fourth-order valence-electron chi connectivity index (χ4n) is 1.37. The van der Waals surface area contributed by atoms with Crippen LogP contribution in [0.25, 0.3) is 5.65 Å². The maximum Gasteiger partial charge on any atom is 0.199 e. The van der Waals surface area contributed by atoms with Crippen LogP contribution in [-0.4, -0.2) is 58.4 Å². The van der Waals surface area contributed by atoms with Crippen LogP contribution in [0.5, 0.6) is 0 Å². The van der Waals surface area contributed by atoms with Crippen LogP contribution in [0.15, 0.2) is 12.4 Å². The lowest BCUT2D eigenvalue weighted by Crippen LogP contribution is -2.26. The number of hydrogen-bond acceptors (Lipinski definition) is 7. The van der Waals surface area contributed by atoms with Gasteiger partial charge >= 0.3 is 0 Å². The molecule has 0 fully saturated rings. The summed E-state index contributed by atoms with van der Waals surface area (Å²) in [5.74, 6) is 0.779. The Kier molecular flexibility index (Phi) is 4.17. The largest absolute Gasteiger partial charge is 0.383 e. The highest BCUT2D eigenvalue weighted by Gasteiger charge is 2.02. The van der Waals surface area contributed by atoms with E-state index in [4.69, 9.17) is 4.74 Å². The van der Waals surface area contributed by atoms with Crippen molar-refractivity contribution in [3.63, 3.8) is 0 Å². The molecule has 0 bridgehead atoms. The van der Waals surface area contributed by atoms with Crippen LogP contribution >= 0.6 is 0 Å². The Morgan fingerprint density at radius 1 is 1.29 bits per heavy atom. The Morgan fingerprint density at radius 3 is 3.12 bits per heavy atom. The maximum atomic E-state index is 4.93. The highest BCUT2D eigenvalue weighted by atomic mass is 16.5. The third-order valence-corrected chi connectivity index (χ3v) is 2.20. The average Bonchev–Trinajstić information content (AvgIpc) is 2.82. The molecule has 2 aromatic rings. The topological polar surface area (TPSA) is 89.3 Å². The van der Waals surface area contributed by atoms with Crippen molar-refractivity contribution in [1.29, 1.82) is 0 Å². The molecule has 0 unspecified atom stereocenters. The number of nitrogens with one attached hydrogen (secondary N) is 2. The van der Waals surface area contributed by atoms with Gasteiger partial charge in [0, 0.05) is 26.7 Å². The predicted molar refractivity (Wildman–Crippen MR) is 61.8 cm³/mol. The lowest BCUT2D eigenvalue weighted by molar-refractivity contribution is 0.200. The smallest absolute Gasteiger partial charge is 0.199 e.